The second-order valence-corrected chi connectivity index (χ2v) is 7.50. The second kappa shape index (κ2) is 14.1. The topological polar surface area (TPSA) is 100 Å². The van der Waals surface area contributed by atoms with Crippen molar-refractivity contribution in [1.82, 2.24) is 9.97 Å². The lowest BCUT2D eigenvalue weighted by Gasteiger charge is -2.03. The Hall–Kier alpha value is -2.06. The predicted molar refractivity (Wildman–Crippen MR) is 106 cm³/mol. The van der Waals surface area contributed by atoms with Gasteiger partial charge in [-0.3, -0.25) is 9.97 Å². The molecule has 0 aliphatic heterocycles. The molecule has 2 rings (SSSR count). The molecular formula is C18H22N2O4S2. The highest BCUT2D eigenvalue weighted by Gasteiger charge is 2.04. The summed E-state index contributed by atoms with van der Waals surface area (Å²) in [4.78, 5) is 26.3. The fraction of sp³-hybridized carbons (Fsp3) is 0.333. The lowest BCUT2D eigenvalue weighted by atomic mass is 10.2. The van der Waals surface area contributed by atoms with E-state index in [0.29, 0.717) is 0 Å². The van der Waals surface area contributed by atoms with Crippen molar-refractivity contribution in [1.29, 1.82) is 0 Å². The number of carboxylic acids is 2. The molecule has 0 radical (unpaired) electrons. The maximum Gasteiger partial charge on any atom is 0.414 e. The molecule has 2 aromatic heterocycles. The van der Waals surface area contributed by atoms with Gasteiger partial charge in [0, 0.05) is 36.3 Å². The molecule has 2 heterocycles. The summed E-state index contributed by atoms with van der Waals surface area (Å²) in [5, 5.41) is 14.8. The first-order valence-electron chi connectivity index (χ1n) is 7.99. The largest absolute Gasteiger partial charge is 0.473 e. The van der Waals surface area contributed by atoms with Crippen LogP contribution in [0.15, 0.2) is 49.1 Å². The monoisotopic (exact) mass is 394 g/mol. The number of rotatable bonds is 9. The molecule has 140 valence electrons. The van der Waals surface area contributed by atoms with Crippen molar-refractivity contribution in [2.45, 2.75) is 12.8 Å². The van der Waals surface area contributed by atoms with E-state index in [1.165, 1.54) is 34.1 Å². The average molecular weight is 395 g/mol. The second-order valence-electron chi connectivity index (χ2n) is 5.05. The molecule has 0 aliphatic rings. The Bertz CT molecular complexity index is 585. The summed E-state index contributed by atoms with van der Waals surface area (Å²) >= 11 is 4.09. The minimum Gasteiger partial charge on any atom is -0.473 e. The molecule has 0 saturated heterocycles. The summed E-state index contributed by atoms with van der Waals surface area (Å²) < 4.78 is 0. The smallest absolute Gasteiger partial charge is 0.414 e. The fourth-order valence-electron chi connectivity index (χ4n) is 1.80. The van der Waals surface area contributed by atoms with Crippen molar-refractivity contribution in [3.05, 3.63) is 60.2 Å². The molecular weight excluding hydrogens is 372 g/mol. The predicted octanol–water partition coefficient (Wildman–Crippen LogP) is 2.88. The van der Waals surface area contributed by atoms with Crippen LogP contribution in [0, 0.1) is 0 Å². The highest BCUT2D eigenvalue weighted by molar-refractivity contribution is 8.02. The van der Waals surface area contributed by atoms with Gasteiger partial charge in [-0.25, -0.2) is 9.59 Å². The normalized spacial score (nSPS) is 9.85. The molecule has 6 nitrogen and oxygen atoms in total. The third-order valence-electron chi connectivity index (χ3n) is 3.12. The highest BCUT2D eigenvalue weighted by atomic mass is 32.2. The number of nitrogens with zero attached hydrogens (tertiary/aromatic N) is 2. The van der Waals surface area contributed by atoms with Gasteiger partial charge >= 0.3 is 11.9 Å². The van der Waals surface area contributed by atoms with Crippen molar-refractivity contribution >= 4 is 35.5 Å². The Morgan fingerprint density at radius 1 is 0.692 bits per heavy atom. The molecule has 0 fully saturated rings. The molecule has 0 atom stereocenters. The lowest BCUT2D eigenvalue weighted by molar-refractivity contribution is -0.159. The van der Waals surface area contributed by atoms with Crippen LogP contribution in [-0.2, 0) is 22.4 Å². The number of aryl methyl sites for hydroxylation is 2. The van der Waals surface area contributed by atoms with E-state index in [2.05, 4.69) is 34.2 Å². The summed E-state index contributed by atoms with van der Waals surface area (Å²) in [5.41, 5.74) is 2.77. The van der Waals surface area contributed by atoms with E-state index < -0.39 is 11.9 Å². The number of hydrogen-bond donors (Lipinski definition) is 2. The Morgan fingerprint density at radius 3 is 1.35 bits per heavy atom. The molecule has 0 amide bonds. The summed E-state index contributed by atoms with van der Waals surface area (Å²) in [6.45, 7) is 0. The third kappa shape index (κ3) is 11.5. The fourth-order valence-corrected chi connectivity index (χ4v) is 3.91. The first-order valence-corrected chi connectivity index (χ1v) is 10.3. The first kappa shape index (κ1) is 22.0. The van der Waals surface area contributed by atoms with Gasteiger partial charge in [-0.1, -0.05) is 0 Å². The number of carbonyl (C=O) groups is 2. The van der Waals surface area contributed by atoms with Crippen LogP contribution < -0.4 is 0 Å². The minimum atomic E-state index is -1.82. The number of aromatic nitrogens is 2. The van der Waals surface area contributed by atoms with Gasteiger partial charge in [0.1, 0.15) is 0 Å². The molecule has 0 bridgehead atoms. The molecule has 0 aromatic carbocycles. The van der Waals surface area contributed by atoms with Crippen molar-refractivity contribution in [3.8, 4) is 0 Å². The van der Waals surface area contributed by atoms with Gasteiger partial charge in [0.2, 0.25) is 0 Å². The van der Waals surface area contributed by atoms with E-state index in [1.54, 1.807) is 0 Å². The van der Waals surface area contributed by atoms with Gasteiger partial charge in [0.15, 0.2) is 0 Å². The van der Waals surface area contributed by atoms with Crippen molar-refractivity contribution in [2.24, 2.45) is 0 Å². The van der Waals surface area contributed by atoms with Crippen LogP contribution in [0.25, 0.3) is 0 Å². The quantitative estimate of drug-likeness (QED) is 0.495. The van der Waals surface area contributed by atoms with Crippen LogP contribution in [0.2, 0.25) is 0 Å². The Morgan fingerprint density at radius 2 is 1.04 bits per heavy atom. The van der Waals surface area contributed by atoms with E-state index in [-0.39, 0.29) is 0 Å². The zero-order valence-electron chi connectivity index (χ0n) is 14.3. The van der Waals surface area contributed by atoms with Crippen LogP contribution >= 0.6 is 23.5 Å². The van der Waals surface area contributed by atoms with Gasteiger partial charge in [-0.05, 0) is 59.7 Å². The highest BCUT2D eigenvalue weighted by Crippen LogP contribution is 2.11. The van der Waals surface area contributed by atoms with Crippen LogP contribution in [0.4, 0.5) is 0 Å². The Kier molecular flexibility index (Phi) is 12.0. The zero-order chi connectivity index (χ0) is 19.0. The molecule has 0 unspecified atom stereocenters. The van der Waals surface area contributed by atoms with Gasteiger partial charge in [0.25, 0.3) is 0 Å². The van der Waals surface area contributed by atoms with Gasteiger partial charge < -0.3 is 10.2 Å². The van der Waals surface area contributed by atoms with Crippen molar-refractivity contribution < 1.29 is 19.8 Å². The molecule has 2 N–H and O–H groups in total. The van der Waals surface area contributed by atoms with Crippen molar-refractivity contribution in [3.63, 3.8) is 0 Å². The van der Waals surface area contributed by atoms with Crippen molar-refractivity contribution in [2.75, 3.05) is 23.0 Å². The number of pyridine rings is 2. The zero-order valence-corrected chi connectivity index (χ0v) is 15.9. The number of carboxylic acid groups (broad SMARTS) is 2. The third-order valence-corrected chi connectivity index (χ3v) is 5.35. The number of hydrogen-bond acceptors (Lipinski definition) is 6. The van der Waals surface area contributed by atoms with E-state index >= 15 is 0 Å². The summed E-state index contributed by atoms with van der Waals surface area (Å²) in [5.74, 6) is 1.24. The summed E-state index contributed by atoms with van der Waals surface area (Å²) in [7, 11) is 0. The number of aliphatic carboxylic acids is 2. The summed E-state index contributed by atoms with van der Waals surface area (Å²) in [6.07, 6.45) is 9.78. The summed E-state index contributed by atoms with van der Waals surface area (Å²) in [6, 6.07) is 8.40. The Balaban J connectivity index is 0.000000487. The van der Waals surface area contributed by atoms with Crippen LogP contribution in [0.3, 0.4) is 0 Å². The Labute approximate surface area is 161 Å². The van der Waals surface area contributed by atoms with Crippen LogP contribution in [0.1, 0.15) is 11.1 Å². The van der Waals surface area contributed by atoms with Crippen LogP contribution in [-0.4, -0.2) is 55.1 Å². The molecule has 26 heavy (non-hydrogen) atoms. The van der Waals surface area contributed by atoms with E-state index in [9.17, 15) is 0 Å². The van der Waals surface area contributed by atoms with Crippen LogP contribution in [0.5, 0.6) is 0 Å². The molecule has 0 aliphatic carbocycles. The minimum absolute atomic E-state index is 1.15. The molecule has 0 saturated carbocycles. The van der Waals surface area contributed by atoms with E-state index in [1.807, 2.05) is 48.3 Å². The maximum atomic E-state index is 9.10. The standard InChI is InChI=1S/C16H20N2S2.C2H2O4/c1-7-17-8-2-15(1)5-11-19-13-14-20-12-6-16-3-9-18-10-4-16;3-1(4)2(5)6/h1-4,7-10H,5-6,11-14H2;(H,3,4)(H,5,6). The van der Waals surface area contributed by atoms with E-state index in [0.717, 1.165) is 12.8 Å². The molecule has 2 aromatic rings. The van der Waals surface area contributed by atoms with Gasteiger partial charge in [0.05, 0.1) is 0 Å². The van der Waals surface area contributed by atoms with E-state index in [4.69, 9.17) is 19.8 Å². The first-order chi connectivity index (χ1) is 12.6. The molecule has 0 spiro atoms. The average Bonchev–Trinajstić information content (AvgIpc) is 2.66. The van der Waals surface area contributed by atoms with Gasteiger partial charge in [-0.2, -0.15) is 23.5 Å². The lowest BCUT2D eigenvalue weighted by Crippen LogP contribution is -2.09. The number of thioether (sulfide) groups is 2. The maximum absolute atomic E-state index is 9.10. The van der Waals surface area contributed by atoms with Gasteiger partial charge in [-0.15, -0.1) is 0 Å². The SMILES string of the molecule is O=C(O)C(=O)O.c1cc(CCSCCSCCc2ccncc2)ccn1. The molecule has 8 heteroatoms.